The molecule has 9 heteroatoms. The summed E-state index contributed by atoms with van der Waals surface area (Å²) in [4.78, 5) is 11.8. The largest absolute Gasteiger partial charge is 0.497 e. The van der Waals surface area contributed by atoms with Gasteiger partial charge in [-0.25, -0.2) is 4.98 Å². The standard InChI is InChI=1S/C23H35N7O2/c1-4-19(25)20-21(26-11-14-32-5-2)22(27-17-7-6-8-18(15-17)31-3)29-23(28-20)30-12-9-16(24)10-13-30/h6-8,15-16,25-26H,4-5,9-14,24H2,1-3H3,(H,27,28,29). The summed E-state index contributed by atoms with van der Waals surface area (Å²) in [5, 5.41) is 15.4. The van der Waals surface area contributed by atoms with Crippen LogP contribution in [-0.2, 0) is 4.74 Å². The smallest absolute Gasteiger partial charge is 0.228 e. The van der Waals surface area contributed by atoms with Crippen LogP contribution in [0.3, 0.4) is 0 Å². The van der Waals surface area contributed by atoms with E-state index in [0.717, 1.165) is 37.4 Å². The van der Waals surface area contributed by atoms with Crippen molar-refractivity contribution in [1.82, 2.24) is 9.97 Å². The Bertz CT molecular complexity index is 898. The molecule has 0 bridgehead atoms. The summed E-state index contributed by atoms with van der Waals surface area (Å²) < 4.78 is 10.8. The van der Waals surface area contributed by atoms with Gasteiger partial charge in [-0.1, -0.05) is 13.0 Å². The van der Waals surface area contributed by atoms with Crippen LogP contribution in [0.2, 0.25) is 0 Å². The molecule has 0 spiro atoms. The normalized spacial score (nSPS) is 14.3. The Hall–Kier alpha value is -2.91. The summed E-state index contributed by atoms with van der Waals surface area (Å²) in [7, 11) is 1.64. The van der Waals surface area contributed by atoms with Gasteiger partial charge in [0.2, 0.25) is 5.95 Å². The summed E-state index contributed by atoms with van der Waals surface area (Å²) >= 11 is 0. The molecule has 1 fully saturated rings. The Morgan fingerprint density at radius 3 is 2.72 bits per heavy atom. The van der Waals surface area contributed by atoms with Crippen molar-refractivity contribution >= 4 is 28.9 Å². The van der Waals surface area contributed by atoms with Crippen molar-refractivity contribution in [3.8, 4) is 5.75 Å². The number of benzene rings is 1. The van der Waals surface area contributed by atoms with Gasteiger partial charge in [-0.3, -0.25) is 0 Å². The molecule has 2 aromatic rings. The second-order valence-corrected chi connectivity index (χ2v) is 7.73. The topological polar surface area (TPSA) is 121 Å². The molecule has 0 atom stereocenters. The zero-order valence-corrected chi connectivity index (χ0v) is 19.3. The molecule has 5 N–H and O–H groups in total. The van der Waals surface area contributed by atoms with E-state index in [1.54, 1.807) is 7.11 Å². The highest BCUT2D eigenvalue weighted by atomic mass is 16.5. The van der Waals surface area contributed by atoms with Crippen LogP contribution in [0, 0.1) is 5.41 Å². The first-order valence-electron chi connectivity index (χ1n) is 11.3. The number of piperidine rings is 1. The van der Waals surface area contributed by atoms with Gasteiger partial charge < -0.3 is 36.2 Å². The molecule has 2 heterocycles. The lowest BCUT2D eigenvalue weighted by atomic mass is 10.1. The van der Waals surface area contributed by atoms with Crippen LogP contribution in [0.25, 0.3) is 0 Å². The van der Waals surface area contributed by atoms with E-state index < -0.39 is 0 Å². The summed E-state index contributed by atoms with van der Waals surface area (Å²) in [6.07, 6.45) is 2.37. The lowest BCUT2D eigenvalue weighted by Crippen LogP contribution is -2.40. The van der Waals surface area contributed by atoms with E-state index in [2.05, 4.69) is 15.5 Å². The van der Waals surface area contributed by atoms with Crippen LogP contribution in [-0.4, -0.2) is 61.7 Å². The molecule has 9 nitrogen and oxygen atoms in total. The van der Waals surface area contributed by atoms with Crippen LogP contribution >= 0.6 is 0 Å². The number of aromatic nitrogens is 2. The minimum absolute atomic E-state index is 0.216. The molecule has 3 rings (SSSR count). The summed E-state index contributed by atoms with van der Waals surface area (Å²) in [5.41, 5.74) is 8.70. The average molecular weight is 442 g/mol. The predicted octanol–water partition coefficient (Wildman–Crippen LogP) is 3.38. The van der Waals surface area contributed by atoms with Gasteiger partial charge in [0.05, 0.1) is 19.4 Å². The first-order valence-corrected chi connectivity index (χ1v) is 11.3. The Morgan fingerprint density at radius 2 is 2.03 bits per heavy atom. The Morgan fingerprint density at radius 1 is 1.25 bits per heavy atom. The number of hydrogen-bond acceptors (Lipinski definition) is 9. The minimum Gasteiger partial charge on any atom is -0.497 e. The monoisotopic (exact) mass is 441 g/mol. The van der Waals surface area contributed by atoms with E-state index in [9.17, 15) is 0 Å². The Balaban J connectivity index is 2.01. The number of ether oxygens (including phenoxy) is 2. The highest BCUT2D eigenvalue weighted by molar-refractivity contribution is 6.03. The van der Waals surface area contributed by atoms with E-state index in [-0.39, 0.29) is 6.04 Å². The average Bonchev–Trinajstić information content (AvgIpc) is 2.82. The summed E-state index contributed by atoms with van der Waals surface area (Å²) in [6, 6.07) is 7.91. The molecule has 0 unspecified atom stereocenters. The summed E-state index contributed by atoms with van der Waals surface area (Å²) in [5.74, 6) is 2.00. The van der Waals surface area contributed by atoms with Crippen LogP contribution < -0.4 is 26.0 Å². The Labute approximate surface area is 190 Å². The number of anilines is 4. The van der Waals surface area contributed by atoms with Crippen molar-refractivity contribution in [3.63, 3.8) is 0 Å². The number of hydrogen-bond donors (Lipinski definition) is 4. The summed E-state index contributed by atoms with van der Waals surface area (Å²) in [6.45, 7) is 7.33. The molecule has 1 saturated heterocycles. The maximum atomic E-state index is 8.57. The first kappa shape index (κ1) is 23.7. The molecule has 1 aromatic carbocycles. The third kappa shape index (κ3) is 6.08. The SMILES string of the molecule is CCOCCNc1c(Nc2cccc(OC)c2)nc(N2CCC(N)CC2)nc1C(=N)CC. The lowest BCUT2D eigenvalue weighted by molar-refractivity contribution is 0.158. The fraction of sp³-hybridized carbons (Fsp3) is 0.522. The molecular weight excluding hydrogens is 406 g/mol. The number of nitrogens with zero attached hydrogens (tertiary/aromatic N) is 3. The number of nitrogens with one attached hydrogen (secondary N) is 3. The number of nitrogens with two attached hydrogens (primary N) is 1. The maximum Gasteiger partial charge on any atom is 0.228 e. The van der Waals surface area contributed by atoms with Crippen molar-refractivity contribution < 1.29 is 9.47 Å². The van der Waals surface area contributed by atoms with Gasteiger partial charge >= 0.3 is 0 Å². The molecule has 0 saturated carbocycles. The van der Waals surface area contributed by atoms with Gasteiger partial charge in [0.1, 0.15) is 17.1 Å². The number of methoxy groups -OCH3 is 1. The van der Waals surface area contributed by atoms with Crippen molar-refractivity contribution in [2.45, 2.75) is 39.2 Å². The zero-order valence-electron chi connectivity index (χ0n) is 19.3. The highest BCUT2D eigenvalue weighted by Crippen LogP contribution is 2.31. The molecular formula is C23H35N7O2. The van der Waals surface area contributed by atoms with Gasteiger partial charge in [0.25, 0.3) is 0 Å². The van der Waals surface area contributed by atoms with E-state index in [1.807, 2.05) is 38.1 Å². The van der Waals surface area contributed by atoms with Crippen molar-refractivity contribution in [2.24, 2.45) is 5.73 Å². The van der Waals surface area contributed by atoms with Crippen LogP contribution in [0.4, 0.5) is 23.1 Å². The molecule has 174 valence electrons. The van der Waals surface area contributed by atoms with E-state index >= 15 is 0 Å². The molecule has 0 amide bonds. The molecule has 0 radical (unpaired) electrons. The third-order valence-corrected chi connectivity index (χ3v) is 5.44. The van der Waals surface area contributed by atoms with Gasteiger partial charge in [-0.15, -0.1) is 0 Å². The molecule has 1 aromatic heterocycles. The second-order valence-electron chi connectivity index (χ2n) is 7.73. The van der Waals surface area contributed by atoms with Crippen LogP contribution in [0.5, 0.6) is 5.75 Å². The lowest BCUT2D eigenvalue weighted by Gasteiger charge is -2.31. The molecule has 1 aliphatic rings. The van der Waals surface area contributed by atoms with Gasteiger partial charge in [0.15, 0.2) is 5.82 Å². The first-order chi connectivity index (χ1) is 15.5. The van der Waals surface area contributed by atoms with Gasteiger partial charge in [0, 0.05) is 44.0 Å². The molecule has 1 aliphatic heterocycles. The van der Waals surface area contributed by atoms with Gasteiger partial charge in [-0.05, 0) is 38.3 Å². The van der Waals surface area contributed by atoms with Crippen molar-refractivity contribution in [2.75, 3.05) is 55.5 Å². The van der Waals surface area contributed by atoms with Gasteiger partial charge in [-0.2, -0.15) is 4.98 Å². The number of rotatable bonds is 11. The van der Waals surface area contributed by atoms with Crippen molar-refractivity contribution in [1.29, 1.82) is 5.41 Å². The van der Waals surface area contributed by atoms with Crippen LogP contribution in [0.15, 0.2) is 24.3 Å². The quantitative estimate of drug-likeness (QED) is 0.309. The highest BCUT2D eigenvalue weighted by Gasteiger charge is 2.23. The fourth-order valence-corrected chi connectivity index (χ4v) is 3.56. The van der Waals surface area contributed by atoms with Crippen LogP contribution in [0.1, 0.15) is 38.8 Å². The predicted molar refractivity (Wildman–Crippen MR) is 130 cm³/mol. The zero-order chi connectivity index (χ0) is 22.9. The second kappa shape index (κ2) is 11.6. The van der Waals surface area contributed by atoms with Crippen molar-refractivity contribution in [3.05, 3.63) is 30.0 Å². The van der Waals surface area contributed by atoms with E-state index in [0.29, 0.717) is 55.0 Å². The fourth-order valence-electron chi connectivity index (χ4n) is 3.56. The minimum atomic E-state index is 0.216. The Kier molecular flexibility index (Phi) is 8.64. The van der Waals surface area contributed by atoms with E-state index in [4.69, 9.17) is 30.6 Å². The molecule has 0 aliphatic carbocycles. The third-order valence-electron chi connectivity index (χ3n) is 5.44. The van der Waals surface area contributed by atoms with E-state index in [1.165, 1.54) is 0 Å². The maximum absolute atomic E-state index is 8.57. The molecule has 32 heavy (non-hydrogen) atoms.